The Bertz CT molecular complexity index is 645. The van der Waals surface area contributed by atoms with Crippen molar-refractivity contribution in [1.29, 1.82) is 0 Å². The number of thioether (sulfide) groups is 1. The molecule has 0 radical (unpaired) electrons. The summed E-state index contributed by atoms with van der Waals surface area (Å²) in [4.78, 5) is 16.1. The van der Waals surface area contributed by atoms with Crippen molar-refractivity contribution in [1.82, 2.24) is 9.55 Å². The summed E-state index contributed by atoms with van der Waals surface area (Å²) >= 11 is 20.5. The van der Waals surface area contributed by atoms with Gasteiger partial charge in [-0.25, -0.2) is 4.98 Å². The Balaban J connectivity index is 2.27. The first-order valence-electron chi connectivity index (χ1n) is 6.61. The van der Waals surface area contributed by atoms with Gasteiger partial charge in [-0.3, -0.25) is 4.79 Å². The first-order valence-corrected chi connectivity index (χ1v) is 9.37. The summed E-state index contributed by atoms with van der Waals surface area (Å²) in [5.74, 6) is 0. The summed E-state index contributed by atoms with van der Waals surface area (Å²) in [6.07, 6.45) is 5.15. The van der Waals surface area contributed by atoms with Crippen molar-refractivity contribution >= 4 is 63.1 Å². The maximum atomic E-state index is 12.1. The number of hydrogen-bond donors (Lipinski definition) is 0. The van der Waals surface area contributed by atoms with Crippen molar-refractivity contribution in [3.8, 4) is 0 Å². The van der Waals surface area contributed by atoms with E-state index in [1.54, 1.807) is 24.7 Å². The van der Waals surface area contributed by atoms with Gasteiger partial charge in [0.1, 0.15) is 0 Å². The van der Waals surface area contributed by atoms with Gasteiger partial charge in [-0.1, -0.05) is 46.6 Å². The van der Waals surface area contributed by atoms with Gasteiger partial charge < -0.3 is 8.75 Å². The predicted octanol–water partition coefficient (Wildman–Crippen LogP) is 6.12. The van der Waals surface area contributed by atoms with E-state index in [1.165, 1.54) is 0 Å². The summed E-state index contributed by atoms with van der Waals surface area (Å²) in [6, 6.07) is 3.23. The molecule has 4 nitrogen and oxygen atoms in total. The first-order chi connectivity index (χ1) is 11.0. The van der Waals surface area contributed by atoms with Crippen LogP contribution < -0.4 is 0 Å². The highest BCUT2D eigenvalue weighted by Crippen LogP contribution is 2.43. The minimum atomic E-state index is -0.290. The van der Waals surface area contributed by atoms with Gasteiger partial charge in [0.25, 0.3) is 4.45 Å². The van der Waals surface area contributed by atoms with Crippen LogP contribution in [0, 0.1) is 0 Å². The van der Waals surface area contributed by atoms with Gasteiger partial charge in [-0.15, -0.1) is 0 Å². The van der Waals surface area contributed by atoms with Crippen molar-refractivity contribution in [3.05, 3.63) is 51.5 Å². The highest BCUT2D eigenvalue weighted by atomic mass is 35.5. The average Bonchev–Trinajstić information content (AvgIpc) is 2.96. The van der Waals surface area contributed by atoms with E-state index < -0.39 is 0 Å². The summed E-state index contributed by atoms with van der Waals surface area (Å²) in [7, 11) is 0. The van der Waals surface area contributed by atoms with Crippen LogP contribution in [-0.4, -0.2) is 20.6 Å². The van der Waals surface area contributed by atoms with E-state index in [9.17, 15) is 4.79 Å². The van der Waals surface area contributed by atoms with Crippen molar-refractivity contribution in [2.45, 2.75) is 18.7 Å². The number of carbonyl (C=O) groups is 1. The van der Waals surface area contributed by atoms with Crippen LogP contribution >= 0.6 is 58.6 Å². The van der Waals surface area contributed by atoms with E-state index in [-0.39, 0.29) is 9.70 Å². The Morgan fingerprint density at radius 2 is 2.04 bits per heavy atom. The standard InChI is InChI=1S/C14H13Cl3N2O2S2/c1-2-21-23-14(20)22-12(7-19-4-3-18-8-19)13-10(16)5-9(15)6-11(13)17/h3-6,8,12H,2,7H2,1H3. The highest BCUT2D eigenvalue weighted by Gasteiger charge is 2.24. The molecule has 0 amide bonds. The molecule has 1 atom stereocenters. The van der Waals surface area contributed by atoms with Crippen LogP contribution in [0.25, 0.3) is 0 Å². The monoisotopic (exact) mass is 410 g/mol. The molecule has 0 bridgehead atoms. The van der Waals surface area contributed by atoms with E-state index >= 15 is 0 Å². The third-order valence-electron chi connectivity index (χ3n) is 2.78. The van der Waals surface area contributed by atoms with Crippen molar-refractivity contribution in [3.63, 3.8) is 0 Å². The number of nitrogens with zero attached hydrogens (tertiary/aromatic N) is 2. The molecular formula is C14H13Cl3N2O2S2. The molecule has 1 aromatic carbocycles. The lowest BCUT2D eigenvalue weighted by Gasteiger charge is -2.19. The number of aromatic nitrogens is 2. The first kappa shape index (κ1) is 19.0. The molecule has 0 aliphatic heterocycles. The molecule has 23 heavy (non-hydrogen) atoms. The molecular weight excluding hydrogens is 399 g/mol. The van der Waals surface area contributed by atoms with Gasteiger partial charge >= 0.3 is 0 Å². The number of imidazole rings is 1. The number of halogens is 3. The maximum absolute atomic E-state index is 12.1. The minimum Gasteiger partial charge on any atom is -0.336 e. The second-order valence-corrected chi connectivity index (χ2v) is 7.85. The van der Waals surface area contributed by atoms with Crippen LogP contribution in [0.1, 0.15) is 17.7 Å². The van der Waals surface area contributed by atoms with E-state index in [2.05, 4.69) is 4.98 Å². The second-order valence-electron chi connectivity index (χ2n) is 4.39. The lowest BCUT2D eigenvalue weighted by Crippen LogP contribution is -2.08. The van der Waals surface area contributed by atoms with Gasteiger partial charge in [0.05, 0.1) is 30.2 Å². The Morgan fingerprint density at radius 3 is 2.61 bits per heavy atom. The molecule has 9 heteroatoms. The van der Waals surface area contributed by atoms with Gasteiger partial charge in [-0.2, -0.15) is 0 Å². The maximum Gasteiger partial charge on any atom is 0.273 e. The normalized spacial score (nSPS) is 12.3. The molecule has 0 fully saturated rings. The van der Waals surface area contributed by atoms with Crippen LogP contribution in [-0.2, 0) is 10.7 Å². The summed E-state index contributed by atoms with van der Waals surface area (Å²) < 4.78 is 6.78. The van der Waals surface area contributed by atoms with Gasteiger partial charge in [0.15, 0.2) is 0 Å². The number of rotatable bonds is 6. The van der Waals surface area contributed by atoms with E-state index in [1.807, 2.05) is 17.7 Å². The van der Waals surface area contributed by atoms with Gasteiger partial charge in [-0.05, 0) is 19.1 Å². The second kappa shape index (κ2) is 9.20. The molecule has 2 aromatic rings. The lowest BCUT2D eigenvalue weighted by molar-refractivity contribution is 0.274. The number of benzene rings is 1. The summed E-state index contributed by atoms with van der Waals surface area (Å²) in [5.41, 5.74) is 0.668. The molecule has 1 heterocycles. The zero-order valence-electron chi connectivity index (χ0n) is 12.0. The Labute approximate surface area is 158 Å². The third kappa shape index (κ3) is 5.59. The van der Waals surface area contributed by atoms with E-state index in [0.29, 0.717) is 33.8 Å². The molecule has 1 unspecified atom stereocenters. The SMILES string of the molecule is CCOSC(=O)SC(Cn1ccnc1)c1c(Cl)cc(Cl)cc1Cl. The fraction of sp³-hybridized carbons (Fsp3) is 0.286. The van der Waals surface area contributed by atoms with E-state index in [4.69, 9.17) is 39.0 Å². The molecule has 0 spiro atoms. The summed E-state index contributed by atoms with van der Waals surface area (Å²) in [6.45, 7) is 2.76. The predicted molar refractivity (Wildman–Crippen MR) is 98.6 cm³/mol. The fourth-order valence-electron chi connectivity index (χ4n) is 1.88. The van der Waals surface area contributed by atoms with Crippen molar-refractivity contribution in [2.24, 2.45) is 0 Å². The van der Waals surface area contributed by atoms with Crippen LogP contribution in [0.2, 0.25) is 15.1 Å². The van der Waals surface area contributed by atoms with Crippen LogP contribution in [0.4, 0.5) is 4.79 Å². The lowest BCUT2D eigenvalue weighted by atomic mass is 10.1. The Kier molecular flexibility index (Phi) is 7.59. The summed E-state index contributed by atoms with van der Waals surface area (Å²) in [5, 5.41) is 1.01. The zero-order valence-corrected chi connectivity index (χ0v) is 15.9. The highest BCUT2D eigenvalue weighted by molar-refractivity contribution is 8.36. The van der Waals surface area contributed by atoms with E-state index in [0.717, 1.165) is 23.8 Å². The topological polar surface area (TPSA) is 44.1 Å². The fourth-order valence-corrected chi connectivity index (χ4v) is 4.80. The molecule has 1 aromatic heterocycles. The molecule has 0 N–H and O–H groups in total. The third-order valence-corrected chi connectivity index (χ3v) is 5.47. The Hall–Kier alpha value is -0.370. The largest absolute Gasteiger partial charge is 0.336 e. The van der Waals surface area contributed by atoms with Crippen LogP contribution in [0.5, 0.6) is 0 Å². The van der Waals surface area contributed by atoms with Crippen molar-refractivity contribution < 1.29 is 8.98 Å². The average molecular weight is 412 g/mol. The van der Waals surface area contributed by atoms with Crippen molar-refractivity contribution in [2.75, 3.05) is 6.61 Å². The quantitative estimate of drug-likeness (QED) is 0.535. The smallest absolute Gasteiger partial charge is 0.273 e. The molecule has 0 saturated carbocycles. The minimum absolute atomic E-state index is 0.168. The Morgan fingerprint density at radius 1 is 1.35 bits per heavy atom. The molecule has 2 rings (SSSR count). The molecule has 0 aliphatic rings. The van der Waals surface area contributed by atoms with Gasteiger partial charge in [0, 0.05) is 39.6 Å². The molecule has 0 aliphatic carbocycles. The number of hydrogen-bond acceptors (Lipinski definition) is 5. The number of carbonyl (C=O) groups excluding carboxylic acids is 1. The van der Waals surface area contributed by atoms with Gasteiger partial charge in [0.2, 0.25) is 0 Å². The molecule has 0 saturated heterocycles. The van der Waals surface area contributed by atoms with Crippen LogP contribution in [0.3, 0.4) is 0 Å². The van der Waals surface area contributed by atoms with Crippen LogP contribution in [0.15, 0.2) is 30.9 Å². The zero-order chi connectivity index (χ0) is 16.8. The molecule has 124 valence electrons.